The average Bonchev–Trinajstić information content (AvgIpc) is 2.03. The van der Waals surface area contributed by atoms with E-state index < -0.39 is 11.9 Å². The number of benzene rings is 1. The van der Waals surface area contributed by atoms with E-state index in [9.17, 15) is 9.59 Å². The van der Waals surface area contributed by atoms with Gasteiger partial charge >= 0.3 is 63.3 Å². The molecule has 0 fully saturated rings. The number of carboxylic acid groups (broad SMARTS) is 2. The maximum atomic E-state index is 10.5. The number of anilines is 1. The molecule has 0 aromatic heterocycles. The minimum Gasteiger partial charge on any atom is -1.00 e. The molecule has 1 aromatic rings. The van der Waals surface area contributed by atoms with Crippen molar-refractivity contribution in [1.29, 1.82) is 0 Å². The van der Waals surface area contributed by atoms with Crippen LogP contribution < -0.4 is 57.1 Å². The second-order valence-electron chi connectivity index (χ2n) is 2.45. The van der Waals surface area contributed by atoms with Crippen molar-refractivity contribution in [1.82, 2.24) is 0 Å². The van der Waals surface area contributed by atoms with Gasteiger partial charge in [0.2, 0.25) is 0 Å². The predicted molar refractivity (Wildman–Crippen MR) is 45.9 cm³/mol. The summed E-state index contributed by atoms with van der Waals surface area (Å²) in [5.41, 5.74) is 5.18. The van der Waals surface area contributed by atoms with E-state index in [4.69, 9.17) is 15.9 Å². The number of nitrogen functional groups attached to an aromatic ring is 1. The van der Waals surface area contributed by atoms with Crippen LogP contribution >= 0.6 is 0 Å². The first-order valence-electron chi connectivity index (χ1n) is 3.38. The minimum absolute atomic E-state index is 0. The fourth-order valence-corrected chi connectivity index (χ4v) is 0.899. The van der Waals surface area contributed by atoms with Gasteiger partial charge in [0.05, 0.1) is 11.1 Å². The Bertz CT molecular complexity index is 351. The molecule has 0 aliphatic heterocycles. The molecule has 70 valence electrons. The van der Waals surface area contributed by atoms with Crippen LogP contribution in [0.1, 0.15) is 22.1 Å². The Morgan fingerprint density at radius 2 is 1.43 bits per heavy atom. The first kappa shape index (κ1) is 13.6. The van der Waals surface area contributed by atoms with Crippen LogP contribution in [0, 0.1) is 0 Å². The van der Waals surface area contributed by atoms with Gasteiger partial charge in [0.1, 0.15) is 0 Å². The van der Waals surface area contributed by atoms with Crippen molar-refractivity contribution in [2.75, 3.05) is 5.73 Å². The predicted octanol–water partition coefficient (Wildman–Crippen LogP) is -2.22. The van der Waals surface area contributed by atoms with Crippen LogP contribution in [0.4, 0.5) is 5.69 Å². The molecular formula is C8H8KNO4. The number of carboxylic acids is 2. The molecule has 0 unspecified atom stereocenters. The number of carbonyl (C=O) groups is 2. The van der Waals surface area contributed by atoms with Crippen LogP contribution in [0.2, 0.25) is 0 Å². The van der Waals surface area contributed by atoms with Crippen LogP contribution in [-0.2, 0) is 0 Å². The number of hydrogen-bond donors (Lipinski definition) is 3. The normalized spacial score (nSPS) is 8.86. The Morgan fingerprint density at radius 3 is 1.71 bits per heavy atom. The van der Waals surface area contributed by atoms with Gasteiger partial charge in [-0.05, 0) is 18.2 Å². The summed E-state index contributed by atoms with van der Waals surface area (Å²) >= 11 is 0. The molecule has 1 rings (SSSR count). The largest absolute Gasteiger partial charge is 1.00 e. The topological polar surface area (TPSA) is 101 Å². The number of nitrogens with two attached hydrogens (primary N) is 1. The summed E-state index contributed by atoms with van der Waals surface area (Å²) in [6.07, 6.45) is 0. The summed E-state index contributed by atoms with van der Waals surface area (Å²) in [6, 6.07) is 3.46. The first-order valence-corrected chi connectivity index (χ1v) is 3.38. The van der Waals surface area contributed by atoms with Crippen molar-refractivity contribution in [3.8, 4) is 0 Å². The molecule has 6 heteroatoms. The summed E-state index contributed by atoms with van der Waals surface area (Å²) in [6.45, 7) is 0. The molecule has 0 atom stereocenters. The average molecular weight is 221 g/mol. The molecule has 0 amide bonds. The SMILES string of the molecule is Nc1cc(C(=O)O)cc(C(=O)O)c1.[H-].[K+]. The van der Waals surface area contributed by atoms with Crippen molar-refractivity contribution in [2.45, 2.75) is 0 Å². The first-order chi connectivity index (χ1) is 6.00. The zero-order chi connectivity index (χ0) is 10.0. The quantitative estimate of drug-likeness (QED) is 0.388. The van der Waals surface area contributed by atoms with Gasteiger partial charge in [-0.25, -0.2) is 9.59 Å². The Hall–Kier alpha value is -0.404. The molecule has 5 nitrogen and oxygen atoms in total. The third-order valence-electron chi connectivity index (χ3n) is 1.45. The summed E-state index contributed by atoms with van der Waals surface area (Å²) in [5.74, 6) is -2.40. The maximum Gasteiger partial charge on any atom is 1.00 e. The molecule has 0 aliphatic carbocycles. The smallest absolute Gasteiger partial charge is 1.00 e. The van der Waals surface area contributed by atoms with E-state index in [0.717, 1.165) is 6.07 Å². The third-order valence-corrected chi connectivity index (χ3v) is 1.45. The van der Waals surface area contributed by atoms with Crippen LogP contribution in [-0.4, -0.2) is 22.2 Å². The molecule has 0 radical (unpaired) electrons. The molecule has 0 spiro atoms. The monoisotopic (exact) mass is 221 g/mol. The molecule has 0 bridgehead atoms. The summed E-state index contributed by atoms with van der Waals surface area (Å²) in [7, 11) is 0. The molecule has 0 saturated heterocycles. The van der Waals surface area contributed by atoms with Crippen LogP contribution in [0.15, 0.2) is 18.2 Å². The second kappa shape index (κ2) is 5.47. The summed E-state index contributed by atoms with van der Waals surface area (Å²) in [4.78, 5) is 21.0. The fourth-order valence-electron chi connectivity index (χ4n) is 0.899. The van der Waals surface area contributed by atoms with E-state index in [1.165, 1.54) is 12.1 Å². The van der Waals surface area contributed by atoms with Crippen LogP contribution in [0.5, 0.6) is 0 Å². The Kier molecular flexibility index (Phi) is 5.31. The maximum absolute atomic E-state index is 10.5. The molecule has 14 heavy (non-hydrogen) atoms. The molecule has 0 saturated carbocycles. The van der Waals surface area contributed by atoms with E-state index in [2.05, 4.69) is 0 Å². The number of hydrogen-bond acceptors (Lipinski definition) is 3. The third kappa shape index (κ3) is 3.39. The van der Waals surface area contributed by atoms with E-state index in [1.54, 1.807) is 0 Å². The Labute approximate surface area is 124 Å². The van der Waals surface area contributed by atoms with Gasteiger partial charge in [-0.3, -0.25) is 0 Å². The van der Waals surface area contributed by atoms with Crippen molar-refractivity contribution < 1.29 is 72.6 Å². The Morgan fingerprint density at radius 1 is 1.07 bits per heavy atom. The molecule has 1 aromatic carbocycles. The van der Waals surface area contributed by atoms with Crippen LogP contribution in [0.25, 0.3) is 0 Å². The van der Waals surface area contributed by atoms with Gasteiger partial charge < -0.3 is 17.4 Å². The Balaban J connectivity index is 0. The zero-order valence-electron chi connectivity index (χ0n) is 8.52. The molecule has 4 N–H and O–H groups in total. The number of rotatable bonds is 2. The standard InChI is InChI=1S/C8H7NO4.K.H/c9-6-2-4(7(10)11)1-5(3-6)8(12)13;;/h1-3H,9H2,(H,10,11)(H,12,13);;/q;+1;-1. The number of aromatic carboxylic acids is 2. The van der Waals surface area contributed by atoms with Gasteiger partial charge in [0, 0.05) is 5.69 Å². The van der Waals surface area contributed by atoms with E-state index in [0.29, 0.717) is 0 Å². The van der Waals surface area contributed by atoms with Gasteiger partial charge in [-0.2, -0.15) is 0 Å². The molecule has 0 aliphatic rings. The summed E-state index contributed by atoms with van der Waals surface area (Å²) < 4.78 is 0. The van der Waals surface area contributed by atoms with Crippen molar-refractivity contribution in [2.24, 2.45) is 0 Å². The van der Waals surface area contributed by atoms with Gasteiger partial charge in [-0.15, -0.1) is 0 Å². The van der Waals surface area contributed by atoms with Crippen molar-refractivity contribution >= 4 is 17.6 Å². The minimum atomic E-state index is -1.20. The fraction of sp³-hybridized carbons (Fsp3) is 0. The molecular weight excluding hydrogens is 213 g/mol. The summed E-state index contributed by atoms with van der Waals surface area (Å²) in [5, 5.41) is 17.1. The second-order valence-corrected chi connectivity index (χ2v) is 2.45. The van der Waals surface area contributed by atoms with Crippen molar-refractivity contribution in [3.63, 3.8) is 0 Å². The van der Waals surface area contributed by atoms with Crippen molar-refractivity contribution in [3.05, 3.63) is 29.3 Å². The molecule has 0 heterocycles. The van der Waals surface area contributed by atoms with E-state index in [1.807, 2.05) is 0 Å². The van der Waals surface area contributed by atoms with E-state index >= 15 is 0 Å². The zero-order valence-corrected chi connectivity index (χ0v) is 10.6. The van der Waals surface area contributed by atoms with Gasteiger partial charge in [0.25, 0.3) is 0 Å². The van der Waals surface area contributed by atoms with E-state index in [-0.39, 0.29) is 69.6 Å². The van der Waals surface area contributed by atoms with Gasteiger partial charge in [0.15, 0.2) is 0 Å². The van der Waals surface area contributed by atoms with Crippen LogP contribution in [0.3, 0.4) is 0 Å². The van der Waals surface area contributed by atoms with Gasteiger partial charge in [-0.1, -0.05) is 0 Å².